The number of thioether (sulfide) groups is 1. The molecule has 0 aliphatic carbocycles. The Morgan fingerprint density at radius 1 is 1.26 bits per heavy atom. The number of aromatic nitrogens is 3. The Morgan fingerprint density at radius 3 is 2.52 bits per heavy atom. The molecule has 2 N–H and O–H groups in total. The normalized spacial score (nSPS) is 10.8. The molecule has 0 aliphatic heterocycles. The molecule has 0 spiro atoms. The van der Waals surface area contributed by atoms with Crippen LogP contribution in [-0.4, -0.2) is 32.6 Å². The fraction of sp³-hybridized carbons (Fsp3) is 0.375. The highest BCUT2D eigenvalue weighted by Crippen LogP contribution is 2.17. The van der Waals surface area contributed by atoms with E-state index in [1.165, 1.54) is 11.8 Å². The average molecular weight is 332 g/mol. The smallest absolute Gasteiger partial charge is 0.226 e. The second kappa shape index (κ2) is 7.92. The molecule has 2 aromatic rings. The highest BCUT2D eigenvalue weighted by Gasteiger charge is 2.11. The summed E-state index contributed by atoms with van der Waals surface area (Å²) in [4.78, 5) is 28.0. The third-order valence-electron chi connectivity index (χ3n) is 3.18. The van der Waals surface area contributed by atoms with Crippen molar-refractivity contribution >= 4 is 29.1 Å². The minimum absolute atomic E-state index is 0.000385. The Kier molecular flexibility index (Phi) is 5.92. The molecule has 1 aromatic carbocycles. The van der Waals surface area contributed by atoms with Crippen molar-refractivity contribution in [2.45, 2.75) is 32.3 Å². The maximum atomic E-state index is 12.2. The van der Waals surface area contributed by atoms with Crippen LogP contribution in [0.1, 0.15) is 37.0 Å². The fourth-order valence-electron chi connectivity index (χ4n) is 1.74. The predicted octanol–water partition coefficient (Wildman–Crippen LogP) is 2.94. The van der Waals surface area contributed by atoms with Gasteiger partial charge in [-0.15, -0.1) is 5.10 Å². The first-order valence-electron chi connectivity index (χ1n) is 7.47. The Labute approximate surface area is 139 Å². The predicted molar refractivity (Wildman–Crippen MR) is 90.7 cm³/mol. The summed E-state index contributed by atoms with van der Waals surface area (Å²) in [6.07, 6.45) is 0.783. The van der Waals surface area contributed by atoms with Crippen LogP contribution < -0.4 is 5.32 Å². The molecule has 122 valence electrons. The Morgan fingerprint density at radius 2 is 1.96 bits per heavy atom. The molecule has 0 saturated carbocycles. The monoisotopic (exact) mass is 332 g/mol. The number of Topliss-reactive ketones (excluding diaryl/α,β-unsaturated/α-hetero) is 1. The van der Waals surface area contributed by atoms with Crippen LogP contribution in [0.4, 0.5) is 5.69 Å². The fourth-order valence-corrected chi connectivity index (χ4v) is 2.45. The van der Waals surface area contributed by atoms with E-state index in [9.17, 15) is 9.59 Å². The third kappa shape index (κ3) is 4.92. The molecule has 0 unspecified atom stereocenters. The van der Waals surface area contributed by atoms with E-state index in [4.69, 9.17) is 0 Å². The van der Waals surface area contributed by atoms with Crippen LogP contribution in [0.5, 0.6) is 0 Å². The van der Waals surface area contributed by atoms with Gasteiger partial charge in [0.2, 0.25) is 11.1 Å². The van der Waals surface area contributed by atoms with Gasteiger partial charge in [0.25, 0.3) is 0 Å². The van der Waals surface area contributed by atoms with E-state index in [-0.39, 0.29) is 23.4 Å². The van der Waals surface area contributed by atoms with E-state index < -0.39 is 0 Å². The number of anilines is 1. The molecular formula is C16H20N4O2S. The van der Waals surface area contributed by atoms with Crippen LogP contribution in [0, 0.1) is 5.92 Å². The first-order chi connectivity index (χ1) is 11.0. The van der Waals surface area contributed by atoms with Crippen LogP contribution >= 0.6 is 11.8 Å². The second-order valence-corrected chi connectivity index (χ2v) is 6.29. The summed E-state index contributed by atoms with van der Waals surface area (Å²) in [6.45, 7) is 5.65. The number of nitrogens with zero attached hydrogens (tertiary/aromatic N) is 2. The standard InChI is InChI=1S/C16H20N4O2S/c1-4-14-18-16(20-19-14)23-9-13(21)11-5-7-12(8-6-11)17-15(22)10(2)3/h5-8,10H,4,9H2,1-3H3,(H,17,22)(H,18,19,20). The van der Waals surface area contributed by atoms with Crippen molar-refractivity contribution in [1.82, 2.24) is 15.2 Å². The summed E-state index contributed by atoms with van der Waals surface area (Å²) >= 11 is 1.31. The van der Waals surface area contributed by atoms with Crippen molar-refractivity contribution < 1.29 is 9.59 Å². The quantitative estimate of drug-likeness (QED) is 0.601. The minimum Gasteiger partial charge on any atom is -0.326 e. The first-order valence-corrected chi connectivity index (χ1v) is 8.46. The van der Waals surface area contributed by atoms with Crippen molar-refractivity contribution in [3.63, 3.8) is 0 Å². The highest BCUT2D eigenvalue weighted by atomic mass is 32.2. The first kappa shape index (κ1) is 17.2. The van der Waals surface area contributed by atoms with E-state index in [2.05, 4.69) is 20.5 Å². The number of amides is 1. The largest absolute Gasteiger partial charge is 0.326 e. The van der Waals surface area contributed by atoms with Gasteiger partial charge < -0.3 is 5.32 Å². The van der Waals surface area contributed by atoms with Crippen LogP contribution in [0.3, 0.4) is 0 Å². The molecule has 6 nitrogen and oxygen atoms in total. The molecule has 0 atom stereocenters. The Bertz CT molecular complexity index is 680. The number of nitrogens with one attached hydrogen (secondary N) is 2. The van der Waals surface area contributed by atoms with Crippen LogP contribution in [0.15, 0.2) is 29.4 Å². The van der Waals surface area contributed by atoms with E-state index in [1.807, 2.05) is 20.8 Å². The van der Waals surface area contributed by atoms with Crippen LogP contribution in [0.2, 0.25) is 0 Å². The molecule has 1 heterocycles. The van der Waals surface area contributed by atoms with Crippen LogP contribution in [-0.2, 0) is 11.2 Å². The molecule has 0 bridgehead atoms. The number of rotatable bonds is 7. The second-order valence-electron chi connectivity index (χ2n) is 5.35. The molecule has 1 aromatic heterocycles. The van der Waals surface area contributed by atoms with E-state index in [1.54, 1.807) is 24.3 Å². The molecule has 0 aliphatic rings. The lowest BCUT2D eigenvalue weighted by molar-refractivity contribution is -0.118. The van der Waals surface area contributed by atoms with Crippen molar-refractivity contribution in [3.05, 3.63) is 35.7 Å². The SMILES string of the molecule is CCc1nc(SCC(=O)c2ccc(NC(=O)C(C)C)cc2)n[nH]1. The molecule has 2 rings (SSSR count). The highest BCUT2D eigenvalue weighted by molar-refractivity contribution is 7.99. The van der Waals surface area contributed by atoms with Gasteiger partial charge >= 0.3 is 0 Å². The maximum absolute atomic E-state index is 12.2. The van der Waals surface area contributed by atoms with Gasteiger partial charge in [-0.1, -0.05) is 32.5 Å². The topological polar surface area (TPSA) is 87.7 Å². The summed E-state index contributed by atoms with van der Waals surface area (Å²) in [6, 6.07) is 6.91. The maximum Gasteiger partial charge on any atom is 0.226 e. The van der Waals surface area contributed by atoms with Crippen LogP contribution in [0.25, 0.3) is 0 Å². The zero-order chi connectivity index (χ0) is 16.8. The molecule has 7 heteroatoms. The van der Waals surface area contributed by atoms with Gasteiger partial charge in [0, 0.05) is 23.6 Å². The van der Waals surface area contributed by atoms with Crippen molar-refractivity contribution in [3.8, 4) is 0 Å². The summed E-state index contributed by atoms with van der Waals surface area (Å²) in [5.41, 5.74) is 1.29. The summed E-state index contributed by atoms with van der Waals surface area (Å²) in [7, 11) is 0. The van der Waals surface area contributed by atoms with Crippen molar-refractivity contribution in [2.24, 2.45) is 5.92 Å². The lowest BCUT2D eigenvalue weighted by Crippen LogP contribution is -2.17. The summed E-state index contributed by atoms with van der Waals surface area (Å²) in [5, 5.41) is 10.2. The molecule has 0 fully saturated rings. The molecule has 0 radical (unpaired) electrons. The lowest BCUT2D eigenvalue weighted by atomic mass is 10.1. The van der Waals surface area contributed by atoms with Gasteiger partial charge in [0.1, 0.15) is 5.82 Å². The number of ketones is 1. The Balaban J connectivity index is 1.90. The van der Waals surface area contributed by atoms with Gasteiger partial charge in [-0.05, 0) is 24.3 Å². The number of carbonyl (C=O) groups excluding carboxylic acids is 2. The number of aromatic amines is 1. The van der Waals surface area contributed by atoms with E-state index in [0.29, 0.717) is 16.4 Å². The van der Waals surface area contributed by atoms with Gasteiger partial charge in [0.15, 0.2) is 5.78 Å². The number of hydrogen-bond donors (Lipinski definition) is 2. The van der Waals surface area contributed by atoms with Gasteiger partial charge in [-0.3, -0.25) is 14.7 Å². The number of aryl methyl sites for hydroxylation is 1. The summed E-state index contributed by atoms with van der Waals surface area (Å²) in [5.74, 6) is 0.960. The molecule has 23 heavy (non-hydrogen) atoms. The number of H-pyrrole nitrogens is 1. The van der Waals surface area contributed by atoms with Gasteiger partial charge in [0.05, 0.1) is 5.75 Å². The van der Waals surface area contributed by atoms with E-state index in [0.717, 1.165) is 12.2 Å². The van der Waals surface area contributed by atoms with Crippen molar-refractivity contribution in [2.75, 3.05) is 11.1 Å². The molecule has 1 amide bonds. The minimum atomic E-state index is -0.0814. The van der Waals surface area contributed by atoms with Crippen molar-refractivity contribution in [1.29, 1.82) is 0 Å². The third-order valence-corrected chi connectivity index (χ3v) is 4.02. The van der Waals surface area contributed by atoms with Gasteiger partial charge in [-0.25, -0.2) is 4.98 Å². The number of benzene rings is 1. The molecular weight excluding hydrogens is 312 g/mol. The van der Waals surface area contributed by atoms with E-state index >= 15 is 0 Å². The zero-order valence-corrected chi connectivity index (χ0v) is 14.2. The Hall–Kier alpha value is -2.15. The number of carbonyl (C=O) groups is 2. The number of hydrogen-bond acceptors (Lipinski definition) is 5. The average Bonchev–Trinajstić information content (AvgIpc) is 3.01. The summed E-state index contributed by atoms with van der Waals surface area (Å²) < 4.78 is 0. The zero-order valence-electron chi connectivity index (χ0n) is 13.4. The lowest BCUT2D eigenvalue weighted by Gasteiger charge is -2.08. The molecule has 0 saturated heterocycles. The van der Waals surface area contributed by atoms with Gasteiger partial charge in [-0.2, -0.15) is 0 Å².